The fourth-order valence-electron chi connectivity index (χ4n) is 3.81. The maximum atomic E-state index is 13.7. The highest BCUT2D eigenvalue weighted by Gasteiger charge is 2.33. The third-order valence-electron chi connectivity index (χ3n) is 5.16. The molecule has 3 heterocycles. The third-order valence-corrected chi connectivity index (χ3v) is 6.76. The van der Waals surface area contributed by atoms with E-state index in [1.807, 2.05) is 26.0 Å². The van der Waals surface area contributed by atoms with Crippen LogP contribution in [0.1, 0.15) is 34.7 Å². The number of thiazole rings is 1. The summed E-state index contributed by atoms with van der Waals surface area (Å²) in [4.78, 5) is 17.2. The summed E-state index contributed by atoms with van der Waals surface area (Å²) < 4.78 is 16.9. The zero-order chi connectivity index (χ0) is 20.3. The van der Waals surface area contributed by atoms with Gasteiger partial charge in [0, 0.05) is 17.9 Å². The van der Waals surface area contributed by atoms with Crippen LogP contribution in [0.2, 0.25) is 0 Å². The second kappa shape index (κ2) is 6.74. The van der Waals surface area contributed by atoms with Crippen molar-refractivity contribution in [1.29, 1.82) is 0 Å². The van der Waals surface area contributed by atoms with Gasteiger partial charge in [-0.15, -0.1) is 0 Å². The summed E-state index contributed by atoms with van der Waals surface area (Å²) in [6.07, 6.45) is 0.288. The number of nitrogens with one attached hydrogen (secondary N) is 1. The topological polar surface area (TPSA) is 59.8 Å². The van der Waals surface area contributed by atoms with Gasteiger partial charge in [0.05, 0.1) is 20.4 Å². The lowest BCUT2D eigenvalue weighted by Crippen LogP contribution is -2.25. The number of halogens is 2. The minimum Gasteiger partial charge on any atom is -0.310 e. The average Bonchev–Trinajstić information content (AvgIpc) is 3.24. The van der Waals surface area contributed by atoms with Crippen molar-refractivity contribution in [3.63, 3.8) is 0 Å². The van der Waals surface area contributed by atoms with E-state index in [0.717, 1.165) is 27.0 Å². The summed E-state index contributed by atoms with van der Waals surface area (Å²) in [6, 6.07) is 11.0. The maximum absolute atomic E-state index is 13.7. The molecule has 2 aromatic heterocycles. The minimum absolute atomic E-state index is 0.0962. The number of carbonyl (C=O) groups excluding carboxylic acids is 1. The maximum Gasteiger partial charge on any atom is 0.226 e. The van der Waals surface area contributed by atoms with Gasteiger partial charge in [0.2, 0.25) is 11.0 Å². The Hall–Kier alpha value is -2.58. The Kier molecular flexibility index (Phi) is 4.29. The molecule has 1 amide bonds. The molecule has 1 N–H and O–H groups in total. The fourth-order valence-corrected chi connectivity index (χ4v) is 5.23. The Balaban J connectivity index is 1.67. The van der Waals surface area contributed by atoms with Crippen LogP contribution in [0.3, 0.4) is 0 Å². The summed E-state index contributed by atoms with van der Waals surface area (Å²) in [5.41, 5.74) is 4.71. The van der Waals surface area contributed by atoms with E-state index in [-0.39, 0.29) is 24.1 Å². The number of hydrogen-bond donors (Lipinski definition) is 1. The molecular formula is C21H16BrFN4OS. The van der Waals surface area contributed by atoms with Crippen molar-refractivity contribution in [3.8, 4) is 5.13 Å². The number of anilines is 1. The van der Waals surface area contributed by atoms with E-state index in [4.69, 9.17) is 10.1 Å². The summed E-state index contributed by atoms with van der Waals surface area (Å²) in [5, 5.41) is 8.37. The standard InChI is InChI=1S/C21H16BrFN4OS/c1-10-3-6-16-17(7-10)29-21(24-16)27-20-19(11(2)26-27)13(9-18(28)25-20)12-4-5-15(23)14(22)8-12/h3-8,13H,9H2,1-2H3,(H,25,28)/t13-/m1/s1. The van der Waals surface area contributed by atoms with Gasteiger partial charge in [0.1, 0.15) is 11.6 Å². The van der Waals surface area contributed by atoms with Crippen LogP contribution in [0.4, 0.5) is 10.2 Å². The van der Waals surface area contributed by atoms with E-state index in [1.165, 1.54) is 23.0 Å². The Bertz CT molecular complexity index is 1300. The average molecular weight is 471 g/mol. The zero-order valence-electron chi connectivity index (χ0n) is 15.7. The molecular weight excluding hydrogens is 455 g/mol. The largest absolute Gasteiger partial charge is 0.310 e. The number of carbonyl (C=O) groups is 1. The lowest BCUT2D eigenvalue weighted by molar-refractivity contribution is -0.116. The van der Waals surface area contributed by atoms with Crippen molar-refractivity contribution in [2.45, 2.75) is 26.2 Å². The highest BCUT2D eigenvalue weighted by molar-refractivity contribution is 9.10. The van der Waals surface area contributed by atoms with Crippen LogP contribution in [0.5, 0.6) is 0 Å². The monoisotopic (exact) mass is 470 g/mol. The van der Waals surface area contributed by atoms with Gasteiger partial charge in [-0.25, -0.2) is 9.37 Å². The zero-order valence-corrected chi connectivity index (χ0v) is 18.1. The fraction of sp³-hybridized carbons (Fsp3) is 0.190. The first-order valence-electron chi connectivity index (χ1n) is 9.12. The van der Waals surface area contributed by atoms with Gasteiger partial charge in [-0.1, -0.05) is 23.5 Å². The number of amides is 1. The summed E-state index contributed by atoms with van der Waals surface area (Å²) in [7, 11) is 0. The molecule has 4 aromatic rings. The molecule has 1 aliphatic rings. The van der Waals surface area contributed by atoms with Gasteiger partial charge >= 0.3 is 0 Å². The second-order valence-electron chi connectivity index (χ2n) is 7.21. The molecule has 0 radical (unpaired) electrons. The summed E-state index contributed by atoms with van der Waals surface area (Å²) >= 11 is 4.78. The molecule has 2 aromatic carbocycles. The molecule has 1 atom stereocenters. The quantitative estimate of drug-likeness (QED) is 0.422. The first-order chi connectivity index (χ1) is 13.9. The van der Waals surface area contributed by atoms with Gasteiger partial charge in [0.25, 0.3) is 0 Å². The van der Waals surface area contributed by atoms with Crippen LogP contribution in [0.25, 0.3) is 15.3 Å². The molecule has 29 heavy (non-hydrogen) atoms. The number of nitrogens with zero attached hydrogens (tertiary/aromatic N) is 3. The summed E-state index contributed by atoms with van der Waals surface area (Å²) in [6.45, 7) is 3.97. The van der Waals surface area contributed by atoms with E-state index in [0.29, 0.717) is 15.4 Å². The van der Waals surface area contributed by atoms with E-state index in [2.05, 4.69) is 27.3 Å². The lowest BCUT2D eigenvalue weighted by atomic mass is 9.86. The Morgan fingerprint density at radius 3 is 2.86 bits per heavy atom. The highest BCUT2D eigenvalue weighted by atomic mass is 79.9. The molecule has 5 nitrogen and oxygen atoms in total. The summed E-state index contributed by atoms with van der Waals surface area (Å²) in [5.74, 6) is 0.0217. The normalized spacial score (nSPS) is 16.1. The van der Waals surface area contributed by atoms with Crippen molar-refractivity contribution < 1.29 is 9.18 Å². The number of hydrogen-bond acceptors (Lipinski definition) is 4. The van der Waals surface area contributed by atoms with Gasteiger partial charge in [0.15, 0.2) is 0 Å². The molecule has 0 saturated carbocycles. The molecule has 0 spiro atoms. The van der Waals surface area contributed by atoms with Crippen molar-refractivity contribution in [2.75, 3.05) is 5.32 Å². The molecule has 146 valence electrons. The van der Waals surface area contributed by atoms with Crippen LogP contribution in [-0.4, -0.2) is 20.7 Å². The van der Waals surface area contributed by atoms with Crippen molar-refractivity contribution in [3.05, 3.63) is 69.1 Å². The van der Waals surface area contributed by atoms with Crippen molar-refractivity contribution in [1.82, 2.24) is 14.8 Å². The van der Waals surface area contributed by atoms with Crippen LogP contribution < -0.4 is 5.32 Å². The Morgan fingerprint density at radius 2 is 2.07 bits per heavy atom. The Labute approximate surface area is 178 Å². The van der Waals surface area contributed by atoms with Crippen LogP contribution in [-0.2, 0) is 4.79 Å². The van der Waals surface area contributed by atoms with Gasteiger partial charge in [-0.05, 0) is 65.2 Å². The molecule has 0 bridgehead atoms. The molecule has 0 unspecified atom stereocenters. The van der Waals surface area contributed by atoms with E-state index >= 15 is 0 Å². The number of fused-ring (bicyclic) bond motifs is 2. The predicted molar refractivity (Wildman–Crippen MR) is 115 cm³/mol. The molecule has 0 fully saturated rings. The number of benzene rings is 2. The van der Waals surface area contributed by atoms with Gasteiger partial charge in [-0.2, -0.15) is 9.78 Å². The molecule has 0 saturated heterocycles. The second-order valence-corrected chi connectivity index (χ2v) is 9.07. The van der Waals surface area contributed by atoms with Crippen molar-refractivity contribution in [2.24, 2.45) is 0 Å². The SMILES string of the molecule is Cc1ccc2nc(-n3nc(C)c4c3NC(=O)C[C@@H]4c3ccc(F)c(Br)c3)sc2c1. The third kappa shape index (κ3) is 3.07. The highest BCUT2D eigenvalue weighted by Crippen LogP contribution is 2.41. The van der Waals surface area contributed by atoms with Crippen LogP contribution in [0.15, 0.2) is 40.9 Å². The van der Waals surface area contributed by atoms with E-state index in [1.54, 1.807) is 16.8 Å². The number of rotatable bonds is 2. The number of aromatic nitrogens is 3. The van der Waals surface area contributed by atoms with Crippen molar-refractivity contribution >= 4 is 49.2 Å². The predicted octanol–water partition coefficient (Wildman–Crippen LogP) is 5.47. The van der Waals surface area contributed by atoms with E-state index < -0.39 is 0 Å². The molecule has 8 heteroatoms. The van der Waals surface area contributed by atoms with Gasteiger partial charge in [-0.3, -0.25) is 4.79 Å². The van der Waals surface area contributed by atoms with Crippen LogP contribution >= 0.6 is 27.3 Å². The first-order valence-corrected chi connectivity index (χ1v) is 10.7. The van der Waals surface area contributed by atoms with Gasteiger partial charge < -0.3 is 5.32 Å². The minimum atomic E-state index is -0.327. The number of aryl methyl sites for hydroxylation is 2. The Morgan fingerprint density at radius 1 is 1.24 bits per heavy atom. The molecule has 0 aliphatic carbocycles. The lowest BCUT2D eigenvalue weighted by Gasteiger charge is -2.24. The van der Waals surface area contributed by atoms with E-state index in [9.17, 15) is 9.18 Å². The first kappa shape index (κ1) is 18.4. The van der Waals surface area contributed by atoms with Crippen LogP contribution in [0, 0.1) is 19.7 Å². The molecule has 5 rings (SSSR count). The molecule has 1 aliphatic heterocycles. The smallest absolute Gasteiger partial charge is 0.226 e.